The highest BCUT2D eigenvalue weighted by molar-refractivity contribution is 7.90. The fourth-order valence-corrected chi connectivity index (χ4v) is 8.28. The summed E-state index contributed by atoms with van der Waals surface area (Å²) in [6.45, 7) is 6.55. The molecule has 13 nitrogen and oxygen atoms in total. The zero-order valence-corrected chi connectivity index (χ0v) is 32.5. The Bertz CT molecular complexity index is 2390. The number of aryl methyl sites for hydroxylation is 2. The third-order valence-corrected chi connectivity index (χ3v) is 11.6. The fraction of sp³-hybridized carbons (Fsp3) is 0.357. The number of likely N-dealkylation sites (tertiary alicyclic amines) is 1. The zero-order valence-electron chi connectivity index (χ0n) is 31.6. The van der Waals surface area contributed by atoms with Gasteiger partial charge < -0.3 is 21.3 Å². The average Bonchev–Trinajstić information content (AvgIpc) is 3.72. The Morgan fingerprint density at radius 2 is 1.62 bits per heavy atom. The Balaban J connectivity index is 1.22. The topological polar surface area (TPSA) is 185 Å². The van der Waals surface area contributed by atoms with Gasteiger partial charge in [0, 0.05) is 54.6 Å². The first-order valence-electron chi connectivity index (χ1n) is 19.1. The Morgan fingerprint density at radius 3 is 2.38 bits per heavy atom. The SMILES string of the molecule is Cc1nc2cc(CS(=O)(=O)c3ccc(C(=O)NCCCc4cn[nH]c4)cc3C#Cc3ccc(C(=O)NCCN4CCCCC4)cc3)ccc2c(=O)n1CCCN. The van der Waals surface area contributed by atoms with Crippen molar-refractivity contribution in [2.45, 2.75) is 62.6 Å². The summed E-state index contributed by atoms with van der Waals surface area (Å²) in [4.78, 5) is 46.1. The molecule has 2 amide bonds. The monoisotopic (exact) mass is 776 g/mol. The molecule has 0 atom stereocenters. The number of fused-ring (bicyclic) bond motifs is 1. The first-order chi connectivity index (χ1) is 27.1. The first kappa shape index (κ1) is 40.1. The number of sulfone groups is 1. The number of nitrogens with two attached hydrogens (primary N) is 1. The number of benzene rings is 3. The molecule has 3 heterocycles. The summed E-state index contributed by atoms with van der Waals surface area (Å²) in [5.74, 6) is 5.64. The van der Waals surface area contributed by atoms with E-state index in [9.17, 15) is 22.8 Å². The number of carbonyl (C=O) groups excluding carboxylic acids is 2. The van der Waals surface area contributed by atoms with Gasteiger partial charge in [-0.3, -0.25) is 24.0 Å². The summed E-state index contributed by atoms with van der Waals surface area (Å²) < 4.78 is 29.7. The molecule has 0 radical (unpaired) electrons. The Hall–Kier alpha value is -5.62. The predicted molar refractivity (Wildman–Crippen MR) is 216 cm³/mol. The van der Waals surface area contributed by atoms with Gasteiger partial charge in [-0.1, -0.05) is 24.3 Å². The van der Waals surface area contributed by atoms with Crippen LogP contribution < -0.4 is 21.9 Å². The van der Waals surface area contributed by atoms with Crippen LogP contribution in [0, 0.1) is 18.8 Å². The molecule has 0 saturated carbocycles. The largest absolute Gasteiger partial charge is 0.352 e. The lowest BCUT2D eigenvalue weighted by atomic mass is 10.1. The van der Waals surface area contributed by atoms with E-state index in [4.69, 9.17) is 5.73 Å². The van der Waals surface area contributed by atoms with Gasteiger partial charge in [-0.2, -0.15) is 5.10 Å². The Kier molecular flexibility index (Phi) is 13.5. The number of aromatic amines is 1. The summed E-state index contributed by atoms with van der Waals surface area (Å²) >= 11 is 0. The molecule has 6 rings (SSSR count). The van der Waals surface area contributed by atoms with Crippen LogP contribution in [0.2, 0.25) is 0 Å². The fourth-order valence-electron chi connectivity index (χ4n) is 6.79. The first-order valence-corrected chi connectivity index (χ1v) is 20.7. The lowest BCUT2D eigenvalue weighted by molar-refractivity contribution is 0.0941. The molecular formula is C42H48N8O5S. The van der Waals surface area contributed by atoms with Gasteiger partial charge in [0.1, 0.15) is 5.82 Å². The van der Waals surface area contributed by atoms with Gasteiger partial charge >= 0.3 is 0 Å². The van der Waals surface area contributed by atoms with Crippen LogP contribution in [0.4, 0.5) is 0 Å². The minimum Gasteiger partial charge on any atom is -0.352 e. The molecule has 1 aliphatic rings. The predicted octanol–water partition coefficient (Wildman–Crippen LogP) is 3.73. The van der Waals surface area contributed by atoms with Crippen molar-refractivity contribution < 1.29 is 18.0 Å². The van der Waals surface area contributed by atoms with E-state index >= 15 is 0 Å². The molecule has 5 N–H and O–H groups in total. The highest BCUT2D eigenvalue weighted by atomic mass is 32.2. The molecule has 0 unspecified atom stereocenters. The van der Waals surface area contributed by atoms with Crippen LogP contribution in [0.15, 0.2) is 82.7 Å². The second-order valence-electron chi connectivity index (χ2n) is 14.0. The molecule has 0 bridgehead atoms. The minimum absolute atomic E-state index is 0.0346. The van der Waals surface area contributed by atoms with Crippen LogP contribution in [-0.2, 0) is 28.6 Å². The van der Waals surface area contributed by atoms with Crippen molar-refractivity contribution in [3.8, 4) is 11.8 Å². The van der Waals surface area contributed by atoms with Crippen molar-refractivity contribution in [3.05, 3.63) is 123 Å². The summed E-state index contributed by atoms with van der Waals surface area (Å²) in [5.41, 5.74) is 8.83. The van der Waals surface area contributed by atoms with Crippen LogP contribution in [0.25, 0.3) is 10.9 Å². The highest BCUT2D eigenvalue weighted by Gasteiger charge is 2.22. The van der Waals surface area contributed by atoms with E-state index in [1.54, 1.807) is 60.2 Å². The van der Waals surface area contributed by atoms with Crippen molar-refractivity contribution in [1.82, 2.24) is 35.3 Å². The number of nitrogens with zero attached hydrogens (tertiary/aromatic N) is 4. The standard InChI is InChI=1S/C42H48N8O5S/c1-30-48-38-25-32(11-16-37(38)42(53)50(30)23-6-18-43)29-56(54,55)39-17-15-36(41(52)44-19-5-7-33-27-46-47-28-33)26-35(39)14-10-31-8-12-34(13-9-31)40(51)45-20-24-49-21-3-2-4-22-49/h8-9,11-13,15-17,25-28H,2-7,18-24,29,43H2,1H3,(H,44,52)(H,45,51)(H,46,47). The molecule has 1 saturated heterocycles. The lowest BCUT2D eigenvalue weighted by Crippen LogP contribution is -2.37. The Morgan fingerprint density at radius 1 is 0.875 bits per heavy atom. The van der Waals surface area contributed by atoms with E-state index in [1.165, 1.54) is 37.5 Å². The number of carbonyl (C=O) groups is 2. The van der Waals surface area contributed by atoms with E-state index in [2.05, 4.69) is 42.6 Å². The minimum atomic E-state index is -4.01. The third-order valence-electron chi connectivity index (χ3n) is 9.86. The molecule has 0 spiro atoms. The van der Waals surface area contributed by atoms with Crippen molar-refractivity contribution in [1.29, 1.82) is 0 Å². The molecule has 0 aliphatic carbocycles. The van der Waals surface area contributed by atoms with Crippen molar-refractivity contribution in [2.24, 2.45) is 5.73 Å². The van der Waals surface area contributed by atoms with Crippen LogP contribution in [0.3, 0.4) is 0 Å². The maximum Gasteiger partial charge on any atom is 0.261 e. The summed E-state index contributed by atoms with van der Waals surface area (Å²) in [5, 5.41) is 13.0. The van der Waals surface area contributed by atoms with Crippen LogP contribution in [-0.4, -0.2) is 84.1 Å². The summed E-state index contributed by atoms with van der Waals surface area (Å²) in [6.07, 6.45) is 9.24. The van der Waals surface area contributed by atoms with E-state index in [0.29, 0.717) is 72.4 Å². The molecule has 5 aromatic rings. The molecule has 3 aromatic carbocycles. The van der Waals surface area contributed by atoms with E-state index in [1.807, 2.05) is 6.20 Å². The number of hydrogen-bond acceptors (Lipinski definition) is 9. The quantitative estimate of drug-likeness (QED) is 0.0909. The van der Waals surface area contributed by atoms with Gasteiger partial charge in [-0.05, 0) is 124 Å². The molecule has 1 aliphatic heterocycles. The van der Waals surface area contributed by atoms with Crippen molar-refractivity contribution in [2.75, 3.05) is 39.3 Å². The molecule has 56 heavy (non-hydrogen) atoms. The van der Waals surface area contributed by atoms with Crippen LogP contribution in [0.5, 0.6) is 0 Å². The number of amides is 2. The lowest BCUT2D eigenvalue weighted by Gasteiger charge is -2.26. The molecule has 14 heteroatoms. The second-order valence-corrected chi connectivity index (χ2v) is 16.0. The van der Waals surface area contributed by atoms with Gasteiger partial charge in [0.15, 0.2) is 9.84 Å². The number of piperidine rings is 1. The van der Waals surface area contributed by atoms with Gasteiger partial charge in [-0.15, -0.1) is 0 Å². The maximum atomic E-state index is 14.1. The van der Waals surface area contributed by atoms with Crippen LogP contribution in [0.1, 0.15) is 80.9 Å². The number of aromatic nitrogens is 4. The van der Waals surface area contributed by atoms with Crippen molar-refractivity contribution >= 4 is 32.6 Å². The van der Waals surface area contributed by atoms with Gasteiger partial charge in [0.2, 0.25) is 0 Å². The number of rotatable bonds is 15. The summed E-state index contributed by atoms with van der Waals surface area (Å²) in [7, 11) is -4.01. The third kappa shape index (κ3) is 10.4. The highest BCUT2D eigenvalue weighted by Crippen LogP contribution is 2.24. The van der Waals surface area contributed by atoms with Gasteiger partial charge in [0.05, 0.1) is 27.7 Å². The number of hydrogen-bond donors (Lipinski definition) is 4. The van der Waals surface area contributed by atoms with Gasteiger partial charge in [-0.25, -0.2) is 13.4 Å². The Labute approximate surface area is 327 Å². The smallest absolute Gasteiger partial charge is 0.261 e. The normalized spacial score (nSPS) is 13.2. The molecule has 2 aromatic heterocycles. The number of nitrogens with one attached hydrogen (secondary N) is 3. The average molecular weight is 777 g/mol. The molecule has 292 valence electrons. The van der Waals surface area contributed by atoms with E-state index < -0.39 is 9.84 Å². The maximum absolute atomic E-state index is 14.1. The zero-order chi connectivity index (χ0) is 39.5. The van der Waals surface area contributed by atoms with E-state index in [0.717, 1.165) is 31.6 Å². The molecule has 1 fully saturated rings. The molecular weight excluding hydrogens is 729 g/mol. The van der Waals surface area contributed by atoms with Crippen LogP contribution >= 0.6 is 0 Å². The second kappa shape index (κ2) is 18.8. The van der Waals surface area contributed by atoms with Gasteiger partial charge in [0.25, 0.3) is 17.4 Å². The number of H-pyrrole nitrogens is 1. The summed E-state index contributed by atoms with van der Waals surface area (Å²) in [6, 6.07) is 16.0. The van der Waals surface area contributed by atoms with E-state index in [-0.39, 0.29) is 39.1 Å². The van der Waals surface area contributed by atoms with Crippen molar-refractivity contribution in [3.63, 3.8) is 0 Å².